The van der Waals surface area contributed by atoms with Crippen molar-refractivity contribution in [1.82, 2.24) is 0 Å². The molecule has 3 nitrogen and oxygen atoms in total. The van der Waals surface area contributed by atoms with E-state index >= 15 is 0 Å². The molecule has 1 fully saturated rings. The van der Waals surface area contributed by atoms with Crippen molar-refractivity contribution in [2.75, 3.05) is 5.32 Å². The fraction of sp³-hybridized carbons (Fsp3) is 0.462. The molecule has 2 N–H and O–H groups in total. The molecule has 0 spiro atoms. The molecular weight excluding hydrogens is 240 g/mol. The Kier molecular flexibility index (Phi) is 3.91. The Balaban J connectivity index is 2.00. The number of hydrogen-bond donors (Lipinski definition) is 2. The van der Waals surface area contributed by atoms with E-state index in [1.165, 1.54) is 0 Å². The molecule has 0 aromatic heterocycles. The van der Waals surface area contributed by atoms with Gasteiger partial charge < -0.3 is 10.4 Å². The third-order valence-electron chi connectivity index (χ3n) is 3.25. The summed E-state index contributed by atoms with van der Waals surface area (Å²) in [4.78, 5) is 11.9. The summed E-state index contributed by atoms with van der Waals surface area (Å²) in [5, 5.41) is 11.7. The molecule has 1 aromatic rings. The Morgan fingerprint density at radius 2 is 1.89 bits per heavy atom. The maximum absolute atomic E-state index is 13.3. The van der Waals surface area contributed by atoms with Crippen molar-refractivity contribution in [1.29, 1.82) is 0 Å². The van der Waals surface area contributed by atoms with E-state index in [0.29, 0.717) is 25.7 Å². The number of carbonyl (C=O) groups is 1. The summed E-state index contributed by atoms with van der Waals surface area (Å²) in [6.07, 6.45) is 1.95. The summed E-state index contributed by atoms with van der Waals surface area (Å²) in [7, 11) is 0. The van der Waals surface area contributed by atoms with Gasteiger partial charge in [0.25, 0.3) is 0 Å². The van der Waals surface area contributed by atoms with Gasteiger partial charge in [-0.1, -0.05) is 0 Å². The fourth-order valence-corrected chi connectivity index (χ4v) is 2.17. The highest BCUT2D eigenvalue weighted by Gasteiger charge is 2.25. The predicted octanol–water partition coefficient (Wildman–Crippen LogP) is 2.45. The third kappa shape index (κ3) is 3.04. The van der Waals surface area contributed by atoms with E-state index in [1.807, 2.05) is 0 Å². The maximum Gasteiger partial charge on any atom is 0.227 e. The number of carbonyl (C=O) groups excluding carboxylic acids is 1. The van der Waals surface area contributed by atoms with Crippen LogP contribution in [0, 0.1) is 17.6 Å². The van der Waals surface area contributed by atoms with Crippen LogP contribution >= 0.6 is 0 Å². The Labute approximate surface area is 104 Å². The van der Waals surface area contributed by atoms with E-state index in [1.54, 1.807) is 0 Å². The lowest BCUT2D eigenvalue weighted by Crippen LogP contribution is -2.29. The SMILES string of the molecule is O=C(Nc1cc(F)ccc1F)C1CCC(O)CC1. The van der Waals surface area contributed by atoms with Gasteiger partial charge in [0.1, 0.15) is 11.6 Å². The topological polar surface area (TPSA) is 49.3 Å². The zero-order valence-corrected chi connectivity index (χ0v) is 9.83. The third-order valence-corrected chi connectivity index (χ3v) is 3.25. The number of rotatable bonds is 2. The van der Waals surface area contributed by atoms with Crippen LogP contribution in [0.3, 0.4) is 0 Å². The van der Waals surface area contributed by atoms with Crippen LogP contribution in [0.4, 0.5) is 14.5 Å². The van der Waals surface area contributed by atoms with Crippen LogP contribution in [-0.2, 0) is 4.79 Å². The van der Waals surface area contributed by atoms with Gasteiger partial charge in [-0.05, 0) is 37.8 Å². The number of amides is 1. The molecule has 0 heterocycles. The first-order valence-electron chi connectivity index (χ1n) is 6.00. The molecule has 1 saturated carbocycles. The monoisotopic (exact) mass is 255 g/mol. The highest BCUT2D eigenvalue weighted by molar-refractivity contribution is 5.92. The number of aliphatic hydroxyl groups excluding tert-OH is 1. The van der Waals surface area contributed by atoms with Gasteiger partial charge in [-0.2, -0.15) is 0 Å². The van der Waals surface area contributed by atoms with E-state index in [-0.39, 0.29) is 23.6 Å². The lowest BCUT2D eigenvalue weighted by Gasteiger charge is -2.24. The molecule has 18 heavy (non-hydrogen) atoms. The number of benzene rings is 1. The smallest absolute Gasteiger partial charge is 0.227 e. The van der Waals surface area contributed by atoms with Crippen LogP contribution in [0.15, 0.2) is 18.2 Å². The van der Waals surface area contributed by atoms with Gasteiger partial charge in [0.15, 0.2) is 0 Å². The van der Waals surface area contributed by atoms with Crippen LogP contribution < -0.4 is 5.32 Å². The molecule has 98 valence electrons. The van der Waals surface area contributed by atoms with Gasteiger partial charge in [-0.3, -0.25) is 4.79 Å². The second-order valence-electron chi connectivity index (χ2n) is 4.62. The highest BCUT2D eigenvalue weighted by Crippen LogP contribution is 2.26. The summed E-state index contributed by atoms with van der Waals surface area (Å²) < 4.78 is 26.3. The first-order chi connectivity index (χ1) is 8.56. The zero-order chi connectivity index (χ0) is 13.1. The lowest BCUT2D eigenvalue weighted by atomic mass is 9.87. The predicted molar refractivity (Wildman–Crippen MR) is 63.0 cm³/mol. The Hall–Kier alpha value is -1.49. The second kappa shape index (κ2) is 5.44. The molecule has 5 heteroatoms. The van der Waals surface area contributed by atoms with Gasteiger partial charge in [0.2, 0.25) is 5.91 Å². The minimum Gasteiger partial charge on any atom is -0.393 e. The summed E-state index contributed by atoms with van der Waals surface area (Å²) in [5.41, 5.74) is -0.133. The number of hydrogen-bond acceptors (Lipinski definition) is 2. The van der Waals surface area contributed by atoms with Crippen LogP contribution in [0.2, 0.25) is 0 Å². The molecule has 0 bridgehead atoms. The highest BCUT2D eigenvalue weighted by atomic mass is 19.1. The number of anilines is 1. The van der Waals surface area contributed by atoms with Crippen molar-refractivity contribution in [3.63, 3.8) is 0 Å². The molecule has 0 radical (unpaired) electrons. The van der Waals surface area contributed by atoms with Crippen LogP contribution in [0.1, 0.15) is 25.7 Å². The molecule has 1 aliphatic carbocycles. The molecule has 0 unspecified atom stereocenters. The summed E-state index contributed by atoms with van der Waals surface area (Å²) >= 11 is 0. The van der Waals surface area contributed by atoms with Gasteiger partial charge in [-0.15, -0.1) is 0 Å². The van der Waals surface area contributed by atoms with Gasteiger partial charge in [0, 0.05) is 12.0 Å². The van der Waals surface area contributed by atoms with Crippen LogP contribution in [-0.4, -0.2) is 17.1 Å². The van der Waals surface area contributed by atoms with Crippen molar-refractivity contribution >= 4 is 11.6 Å². The largest absolute Gasteiger partial charge is 0.393 e. The van der Waals surface area contributed by atoms with E-state index < -0.39 is 11.6 Å². The molecule has 0 saturated heterocycles. The van der Waals surface area contributed by atoms with Crippen molar-refractivity contribution < 1.29 is 18.7 Å². The average Bonchev–Trinajstić information content (AvgIpc) is 2.34. The van der Waals surface area contributed by atoms with E-state index in [9.17, 15) is 18.7 Å². The first kappa shape index (κ1) is 13.0. The summed E-state index contributed by atoms with van der Waals surface area (Å²) in [6, 6.07) is 2.95. The minimum atomic E-state index is -0.652. The molecule has 0 aliphatic heterocycles. The van der Waals surface area contributed by atoms with Crippen molar-refractivity contribution in [3.8, 4) is 0 Å². The minimum absolute atomic E-state index is 0.133. The molecule has 1 amide bonds. The Morgan fingerprint density at radius 1 is 1.22 bits per heavy atom. The van der Waals surface area contributed by atoms with Crippen LogP contribution in [0.5, 0.6) is 0 Å². The first-order valence-corrected chi connectivity index (χ1v) is 6.00. The average molecular weight is 255 g/mol. The van der Waals surface area contributed by atoms with Crippen LogP contribution in [0.25, 0.3) is 0 Å². The Bertz CT molecular complexity index is 443. The lowest BCUT2D eigenvalue weighted by molar-refractivity contribution is -0.121. The molecule has 0 atom stereocenters. The van der Waals surface area contributed by atoms with Crippen molar-refractivity contribution in [2.45, 2.75) is 31.8 Å². The normalized spacial score (nSPS) is 23.7. The van der Waals surface area contributed by atoms with Crippen molar-refractivity contribution in [2.24, 2.45) is 5.92 Å². The molecule has 1 aliphatic rings. The van der Waals surface area contributed by atoms with E-state index in [2.05, 4.69) is 5.32 Å². The summed E-state index contributed by atoms with van der Waals surface area (Å²) in [5.74, 6) is -1.80. The standard InChI is InChI=1S/C13H15F2NO2/c14-9-3-6-11(15)12(7-9)16-13(18)8-1-4-10(17)5-2-8/h3,6-8,10,17H,1-2,4-5H2,(H,16,18). The number of aliphatic hydroxyl groups is 1. The summed E-state index contributed by atoms with van der Waals surface area (Å²) in [6.45, 7) is 0. The fourth-order valence-electron chi connectivity index (χ4n) is 2.17. The van der Waals surface area contributed by atoms with Gasteiger partial charge >= 0.3 is 0 Å². The zero-order valence-electron chi connectivity index (χ0n) is 9.83. The van der Waals surface area contributed by atoms with Gasteiger partial charge in [-0.25, -0.2) is 8.78 Å². The van der Waals surface area contributed by atoms with E-state index in [4.69, 9.17) is 0 Å². The second-order valence-corrected chi connectivity index (χ2v) is 4.62. The number of nitrogens with one attached hydrogen (secondary N) is 1. The van der Waals surface area contributed by atoms with E-state index in [0.717, 1.165) is 18.2 Å². The maximum atomic E-state index is 13.3. The quantitative estimate of drug-likeness (QED) is 0.852. The molecule has 2 rings (SSSR count). The van der Waals surface area contributed by atoms with Gasteiger partial charge in [0.05, 0.1) is 11.8 Å². The number of halogens is 2. The van der Waals surface area contributed by atoms with Crippen molar-refractivity contribution in [3.05, 3.63) is 29.8 Å². The molecule has 1 aromatic carbocycles. The molecular formula is C13H15F2NO2. The Morgan fingerprint density at radius 3 is 2.56 bits per heavy atom.